The molecule has 8 heteroatoms. The van der Waals surface area contributed by atoms with E-state index in [0.29, 0.717) is 22.3 Å². The van der Waals surface area contributed by atoms with Gasteiger partial charge in [0.25, 0.3) is 5.91 Å². The lowest BCUT2D eigenvalue weighted by Crippen LogP contribution is -2.44. The highest BCUT2D eigenvalue weighted by Gasteiger charge is 2.36. The summed E-state index contributed by atoms with van der Waals surface area (Å²) in [5.41, 5.74) is 2.52. The van der Waals surface area contributed by atoms with Crippen LogP contribution in [0.1, 0.15) is 27.9 Å². The minimum Gasteiger partial charge on any atom is -0.360 e. The van der Waals surface area contributed by atoms with Gasteiger partial charge in [-0.05, 0) is 19.4 Å². The Labute approximate surface area is 165 Å². The van der Waals surface area contributed by atoms with Crippen LogP contribution in [0, 0.1) is 6.92 Å². The van der Waals surface area contributed by atoms with Crippen molar-refractivity contribution in [1.82, 2.24) is 14.9 Å². The van der Waals surface area contributed by atoms with Gasteiger partial charge in [-0.3, -0.25) is 9.59 Å². The van der Waals surface area contributed by atoms with Crippen LogP contribution in [-0.2, 0) is 11.2 Å². The van der Waals surface area contributed by atoms with E-state index in [0.717, 1.165) is 27.9 Å². The maximum Gasteiger partial charge on any atom is 0.257 e. The Bertz CT molecular complexity index is 1010. The molecule has 140 valence electrons. The molecule has 6 nitrogen and oxygen atoms in total. The molecule has 27 heavy (non-hydrogen) atoms. The normalized spacial score (nSPS) is 16.8. The van der Waals surface area contributed by atoms with Crippen molar-refractivity contribution in [2.24, 2.45) is 0 Å². The second-order valence-corrected chi connectivity index (χ2v) is 8.61. The number of amides is 2. The van der Waals surface area contributed by atoms with Crippen LogP contribution in [0.25, 0.3) is 10.9 Å². The first kappa shape index (κ1) is 18.1. The zero-order valence-electron chi connectivity index (χ0n) is 15.1. The van der Waals surface area contributed by atoms with Gasteiger partial charge in [-0.2, -0.15) is 0 Å². The minimum atomic E-state index is -0.495. The molecule has 0 spiro atoms. The van der Waals surface area contributed by atoms with Gasteiger partial charge in [0.15, 0.2) is 5.13 Å². The number of anilines is 1. The highest BCUT2D eigenvalue weighted by atomic mass is 32.2. The van der Waals surface area contributed by atoms with Crippen molar-refractivity contribution in [3.05, 3.63) is 46.6 Å². The van der Waals surface area contributed by atoms with Crippen molar-refractivity contribution < 1.29 is 9.59 Å². The van der Waals surface area contributed by atoms with Crippen LogP contribution in [0.5, 0.6) is 0 Å². The third-order valence-electron chi connectivity index (χ3n) is 4.72. The molecule has 1 aromatic carbocycles. The first-order valence-corrected chi connectivity index (χ1v) is 10.8. The number of rotatable bonds is 4. The lowest BCUT2D eigenvalue weighted by molar-refractivity contribution is -0.119. The number of carbonyl (C=O) groups is 2. The fourth-order valence-electron chi connectivity index (χ4n) is 3.26. The molecule has 3 aromatic rings. The Morgan fingerprint density at radius 2 is 2.19 bits per heavy atom. The van der Waals surface area contributed by atoms with Crippen LogP contribution in [-0.4, -0.2) is 44.4 Å². The lowest BCUT2D eigenvalue weighted by atomic mass is 10.1. The van der Waals surface area contributed by atoms with Gasteiger partial charge >= 0.3 is 0 Å². The zero-order chi connectivity index (χ0) is 19.0. The average molecular weight is 401 g/mol. The lowest BCUT2D eigenvalue weighted by Gasteiger charge is -2.22. The highest BCUT2D eigenvalue weighted by molar-refractivity contribution is 7.99. The number of hydrogen-bond acceptors (Lipinski definition) is 5. The number of nitrogens with zero attached hydrogens (tertiary/aromatic N) is 2. The number of nitrogens with one attached hydrogen (secondary N) is 2. The van der Waals surface area contributed by atoms with Crippen molar-refractivity contribution in [2.45, 2.75) is 26.3 Å². The van der Waals surface area contributed by atoms with Gasteiger partial charge in [-0.15, -0.1) is 23.1 Å². The quantitative estimate of drug-likeness (QED) is 0.701. The maximum atomic E-state index is 13.1. The molecule has 2 N–H and O–H groups in total. The molecular weight excluding hydrogens is 380 g/mol. The summed E-state index contributed by atoms with van der Waals surface area (Å²) in [5.74, 6) is 0.796. The number of hydrogen-bond donors (Lipinski definition) is 2. The van der Waals surface area contributed by atoms with Crippen LogP contribution in [0.2, 0.25) is 0 Å². The zero-order valence-corrected chi connectivity index (χ0v) is 16.7. The fourth-order valence-corrected chi connectivity index (χ4v) is 5.32. The second-order valence-electron chi connectivity index (χ2n) is 6.40. The number of thiazole rings is 1. The van der Waals surface area contributed by atoms with Gasteiger partial charge < -0.3 is 15.2 Å². The molecule has 2 aromatic heterocycles. The van der Waals surface area contributed by atoms with Crippen molar-refractivity contribution in [3.8, 4) is 0 Å². The average Bonchev–Trinajstić information content (AvgIpc) is 3.39. The predicted octanol–water partition coefficient (Wildman–Crippen LogP) is 3.65. The molecule has 0 aliphatic carbocycles. The molecule has 2 amide bonds. The van der Waals surface area contributed by atoms with Crippen molar-refractivity contribution >= 4 is 50.9 Å². The number of para-hydroxylation sites is 1. The van der Waals surface area contributed by atoms with E-state index in [2.05, 4.69) is 15.3 Å². The van der Waals surface area contributed by atoms with E-state index in [1.165, 1.54) is 11.3 Å². The van der Waals surface area contributed by atoms with Crippen LogP contribution in [0.15, 0.2) is 30.5 Å². The number of thioether (sulfide) groups is 1. The molecule has 1 saturated heterocycles. The number of aromatic amines is 1. The van der Waals surface area contributed by atoms with Gasteiger partial charge in [0, 0.05) is 27.7 Å². The summed E-state index contributed by atoms with van der Waals surface area (Å²) in [5, 5.41) is 4.38. The molecule has 0 unspecified atom stereocenters. The Morgan fingerprint density at radius 1 is 1.37 bits per heavy atom. The summed E-state index contributed by atoms with van der Waals surface area (Å²) in [7, 11) is 0. The smallest absolute Gasteiger partial charge is 0.257 e. The number of aromatic nitrogens is 2. The summed E-state index contributed by atoms with van der Waals surface area (Å²) in [4.78, 5) is 36.3. The number of carbonyl (C=O) groups excluding carboxylic acids is 2. The molecule has 3 heterocycles. The Kier molecular flexibility index (Phi) is 4.92. The second kappa shape index (κ2) is 7.36. The monoisotopic (exact) mass is 400 g/mol. The molecule has 4 rings (SSSR count). The molecular formula is C19H20N4O2S2. The van der Waals surface area contributed by atoms with E-state index in [1.807, 2.05) is 38.1 Å². The predicted molar refractivity (Wildman–Crippen MR) is 110 cm³/mol. The summed E-state index contributed by atoms with van der Waals surface area (Å²) < 4.78 is 0. The molecule has 1 atom stereocenters. The largest absolute Gasteiger partial charge is 0.360 e. The number of H-pyrrole nitrogens is 1. The van der Waals surface area contributed by atoms with Crippen molar-refractivity contribution in [1.29, 1.82) is 0 Å². The van der Waals surface area contributed by atoms with E-state index < -0.39 is 6.04 Å². The van der Waals surface area contributed by atoms with E-state index in [9.17, 15) is 9.59 Å². The highest BCUT2D eigenvalue weighted by Crippen LogP contribution is 2.28. The Balaban J connectivity index is 1.54. The van der Waals surface area contributed by atoms with Crippen LogP contribution in [0.3, 0.4) is 0 Å². The minimum absolute atomic E-state index is 0.123. The third-order valence-corrected chi connectivity index (χ3v) is 6.66. The summed E-state index contributed by atoms with van der Waals surface area (Å²) in [6.45, 7) is 4.05. The standard InChI is InChI=1S/C19H20N4O2S2/c1-3-14-11(2)27-19(21-14)22-17(24)16-9-26-10-23(16)18(25)13-8-20-15-7-5-4-6-12(13)15/h4-8,16,20H,3,9-10H2,1-2H3,(H,21,22,24)/t16-/m1/s1. The number of benzene rings is 1. The van der Waals surface area contributed by atoms with Gasteiger partial charge in [0.05, 0.1) is 17.1 Å². The maximum absolute atomic E-state index is 13.1. The van der Waals surface area contributed by atoms with Gasteiger partial charge in [-0.1, -0.05) is 25.1 Å². The fraction of sp³-hybridized carbons (Fsp3) is 0.316. The first-order chi connectivity index (χ1) is 13.1. The third kappa shape index (κ3) is 3.35. The number of aryl methyl sites for hydroxylation is 2. The molecule has 0 radical (unpaired) electrons. The molecule has 1 fully saturated rings. The number of fused-ring (bicyclic) bond motifs is 1. The van der Waals surface area contributed by atoms with Crippen LogP contribution in [0.4, 0.5) is 5.13 Å². The first-order valence-electron chi connectivity index (χ1n) is 8.80. The Hall–Kier alpha value is -2.32. The van der Waals surface area contributed by atoms with E-state index >= 15 is 0 Å². The Morgan fingerprint density at radius 3 is 2.96 bits per heavy atom. The van der Waals surface area contributed by atoms with Gasteiger partial charge in [0.2, 0.25) is 5.91 Å². The molecule has 1 aliphatic rings. The molecule has 0 saturated carbocycles. The summed E-state index contributed by atoms with van der Waals surface area (Å²) >= 11 is 3.07. The molecule has 0 bridgehead atoms. The van der Waals surface area contributed by atoms with Crippen LogP contribution >= 0.6 is 23.1 Å². The van der Waals surface area contributed by atoms with Gasteiger partial charge in [-0.25, -0.2) is 4.98 Å². The van der Waals surface area contributed by atoms with Crippen molar-refractivity contribution in [3.63, 3.8) is 0 Å². The molecule has 1 aliphatic heterocycles. The van der Waals surface area contributed by atoms with E-state index in [1.54, 1.807) is 22.9 Å². The van der Waals surface area contributed by atoms with E-state index in [4.69, 9.17) is 0 Å². The summed E-state index contributed by atoms with van der Waals surface area (Å²) in [6.07, 6.45) is 2.56. The van der Waals surface area contributed by atoms with E-state index in [-0.39, 0.29) is 11.8 Å². The SMILES string of the molecule is CCc1nc(NC(=O)[C@H]2CSCN2C(=O)c2c[nH]c3ccccc23)sc1C. The topological polar surface area (TPSA) is 78.1 Å². The van der Waals surface area contributed by atoms with Crippen molar-refractivity contribution in [2.75, 3.05) is 16.9 Å². The summed E-state index contributed by atoms with van der Waals surface area (Å²) in [6, 6.07) is 7.19. The van der Waals surface area contributed by atoms with Gasteiger partial charge in [0.1, 0.15) is 6.04 Å². The van der Waals surface area contributed by atoms with Crippen LogP contribution < -0.4 is 5.32 Å².